The normalized spacial score (nSPS) is 28.8. The van der Waals surface area contributed by atoms with Gasteiger partial charge in [0.15, 0.2) is 0 Å². The highest BCUT2D eigenvalue weighted by Crippen LogP contribution is 2.35. The molecule has 2 aliphatic heterocycles. The van der Waals surface area contributed by atoms with Gasteiger partial charge in [-0.1, -0.05) is 12.8 Å². The molecule has 0 bridgehead atoms. The molecule has 1 N–H and O–H groups in total. The average Bonchev–Trinajstić information content (AvgIpc) is 3.09. The standard InChI is InChI=1S/C15H24N2O3S2/c18-11-14-9-17(10-15(14)13-5-8-21-12-13)22(19,20)16-6-3-1-2-4-7-16/h5,8,12,14-15,18H,1-4,6-7,9-11H2/t14-,15+/m1/s1. The molecule has 2 saturated heterocycles. The maximum atomic E-state index is 12.9. The molecule has 0 aromatic carbocycles. The summed E-state index contributed by atoms with van der Waals surface area (Å²) in [6.07, 6.45) is 4.13. The Morgan fingerprint density at radius 3 is 2.45 bits per heavy atom. The zero-order valence-corrected chi connectivity index (χ0v) is 14.4. The van der Waals surface area contributed by atoms with Crippen LogP contribution in [-0.2, 0) is 10.2 Å². The number of nitrogens with zero attached hydrogens (tertiary/aromatic N) is 2. The Morgan fingerprint density at radius 1 is 1.14 bits per heavy atom. The second-order valence-corrected chi connectivity index (χ2v) is 8.95. The fraction of sp³-hybridized carbons (Fsp3) is 0.733. The zero-order chi connectivity index (χ0) is 15.6. The minimum Gasteiger partial charge on any atom is -0.396 e. The lowest BCUT2D eigenvalue weighted by molar-refractivity contribution is 0.222. The second kappa shape index (κ2) is 6.97. The van der Waals surface area contributed by atoms with Crippen LogP contribution in [0.1, 0.15) is 37.2 Å². The molecule has 5 nitrogen and oxygen atoms in total. The SMILES string of the molecule is O=S(=O)(N1CCCCCC1)N1C[C@H](CO)[C@H](c2ccsc2)C1. The molecule has 7 heteroatoms. The van der Waals surface area contributed by atoms with E-state index in [1.165, 1.54) is 0 Å². The molecule has 1 aromatic heterocycles. The van der Waals surface area contributed by atoms with Crippen molar-refractivity contribution in [3.63, 3.8) is 0 Å². The number of rotatable bonds is 4. The number of hydrogen-bond acceptors (Lipinski definition) is 4. The first-order valence-electron chi connectivity index (χ1n) is 8.01. The van der Waals surface area contributed by atoms with Crippen LogP contribution in [0.4, 0.5) is 0 Å². The molecule has 0 saturated carbocycles. The largest absolute Gasteiger partial charge is 0.396 e. The summed E-state index contributed by atoms with van der Waals surface area (Å²) in [5.74, 6) is 0.106. The van der Waals surface area contributed by atoms with Gasteiger partial charge < -0.3 is 5.11 Å². The molecule has 2 aliphatic rings. The van der Waals surface area contributed by atoms with Crippen LogP contribution in [0.25, 0.3) is 0 Å². The predicted molar refractivity (Wildman–Crippen MR) is 88.2 cm³/mol. The molecular weight excluding hydrogens is 320 g/mol. The maximum Gasteiger partial charge on any atom is 0.282 e. The summed E-state index contributed by atoms with van der Waals surface area (Å²) in [4.78, 5) is 0. The number of aliphatic hydroxyl groups is 1. The molecule has 0 unspecified atom stereocenters. The van der Waals surface area contributed by atoms with E-state index in [1.807, 2.05) is 11.4 Å². The second-order valence-electron chi connectivity index (χ2n) is 6.24. The lowest BCUT2D eigenvalue weighted by atomic mass is 9.92. The van der Waals surface area contributed by atoms with Gasteiger partial charge in [0.2, 0.25) is 0 Å². The van der Waals surface area contributed by atoms with Gasteiger partial charge in [-0.15, -0.1) is 0 Å². The summed E-state index contributed by atoms with van der Waals surface area (Å²) in [5, 5.41) is 13.7. The minimum absolute atomic E-state index is 0.00338. The summed E-state index contributed by atoms with van der Waals surface area (Å²) in [7, 11) is -3.39. The van der Waals surface area contributed by atoms with Crippen molar-refractivity contribution < 1.29 is 13.5 Å². The molecule has 0 spiro atoms. The third-order valence-electron chi connectivity index (χ3n) is 4.83. The van der Waals surface area contributed by atoms with E-state index in [0.717, 1.165) is 31.2 Å². The van der Waals surface area contributed by atoms with Gasteiger partial charge in [-0.2, -0.15) is 28.4 Å². The molecule has 2 fully saturated rings. The van der Waals surface area contributed by atoms with Gasteiger partial charge in [-0.05, 0) is 35.2 Å². The van der Waals surface area contributed by atoms with Gasteiger partial charge in [-0.25, -0.2) is 0 Å². The summed E-state index contributed by atoms with van der Waals surface area (Å²) < 4.78 is 29.0. The summed E-state index contributed by atoms with van der Waals surface area (Å²) in [6, 6.07) is 2.04. The van der Waals surface area contributed by atoms with E-state index in [2.05, 4.69) is 5.38 Å². The van der Waals surface area contributed by atoms with Crippen molar-refractivity contribution in [1.82, 2.24) is 8.61 Å². The van der Waals surface area contributed by atoms with Crippen molar-refractivity contribution in [2.75, 3.05) is 32.8 Å². The molecule has 3 rings (SSSR count). The van der Waals surface area contributed by atoms with Crippen molar-refractivity contribution >= 4 is 21.5 Å². The summed E-state index contributed by atoms with van der Waals surface area (Å²) in [5.41, 5.74) is 1.15. The van der Waals surface area contributed by atoms with Crippen LogP contribution in [0.3, 0.4) is 0 Å². The molecule has 124 valence electrons. The van der Waals surface area contributed by atoms with Crippen molar-refractivity contribution in [3.05, 3.63) is 22.4 Å². The fourth-order valence-corrected chi connectivity index (χ4v) is 6.00. The fourth-order valence-electron chi connectivity index (χ4n) is 3.50. The van der Waals surface area contributed by atoms with Crippen molar-refractivity contribution in [3.8, 4) is 0 Å². The van der Waals surface area contributed by atoms with E-state index >= 15 is 0 Å². The Kier molecular flexibility index (Phi) is 5.19. The topological polar surface area (TPSA) is 60.9 Å². The number of aliphatic hydroxyl groups excluding tert-OH is 1. The molecule has 22 heavy (non-hydrogen) atoms. The van der Waals surface area contributed by atoms with Gasteiger partial charge in [-0.3, -0.25) is 0 Å². The van der Waals surface area contributed by atoms with Crippen LogP contribution in [-0.4, -0.2) is 54.9 Å². The van der Waals surface area contributed by atoms with Crippen LogP contribution in [0.2, 0.25) is 0 Å². The number of thiophene rings is 1. The van der Waals surface area contributed by atoms with Crippen molar-refractivity contribution in [2.45, 2.75) is 31.6 Å². The monoisotopic (exact) mass is 344 g/mol. The molecular formula is C15H24N2O3S2. The first kappa shape index (κ1) is 16.4. The number of hydrogen-bond donors (Lipinski definition) is 1. The molecule has 2 atom stereocenters. The third-order valence-corrected chi connectivity index (χ3v) is 7.50. The Bertz CT molecular complexity index is 566. The molecule has 0 amide bonds. The highest BCUT2D eigenvalue weighted by Gasteiger charge is 2.41. The van der Waals surface area contributed by atoms with Crippen molar-refractivity contribution in [2.24, 2.45) is 5.92 Å². The molecule has 0 radical (unpaired) electrons. The average molecular weight is 345 g/mol. The van der Waals surface area contributed by atoms with Gasteiger partial charge in [0.05, 0.1) is 0 Å². The highest BCUT2D eigenvalue weighted by atomic mass is 32.2. The minimum atomic E-state index is -3.39. The molecule has 0 aliphatic carbocycles. The van der Waals surface area contributed by atoms with Crippen LogP contribution < -0.4 is 0 Å². The quantitative estimate of drug-likeness (QED) is 0.907. The predicted octanol–water partition coefficient (Wildman–Crippen LogP) is 1.88. The summed E-state index contributed by atoms with van der Waals surface area (Å²) >= 11 is 1.62. The summed E-state index contributed by atoms with van der Waals surface area (Å²) in [6.45, 7) is 2.21. The van der Waals surface area contributed by atoms with E-state index in [4.69, 9.17) is 0 Å². The van der Waals surface area contributed by atoms with Gasteiger partial charge in [0.25, 0.3) is 10.2 Å². The Balaban J connectivity index is 1.77. The van der Waals surface area contributed by atoms with E-state index in [0.29, 0.717) is 26.2 Å². The zero-order valence-electron chi connectivity index (χ0n) is 12.7. The Hall–Kier alpha value is -0.470. The van der Waals surface area contributed by atoms with Crippen LogP contribution in [0.15, 0.2) is 16.8 Å². The van der Waals surface area contributed by atoms with Gasteiger partial charge >= 0.3 is 0 Å². The first-order chi connectivity index (χ1) is 10.6. The lowest BCUT2D eigenvalue weighted by Gasteiger charge is -2.26. The van der Waals surface area contributed by atoms with Gasteiger partial charge in [0, 0.05) is 44.6 Å². The van der Waals surface area contributed by atoms with Crippen molar-refractivity contribution in [1.29, 1.82) is 0 Å². The van der Waals surface area contributed by atoms with E-state index in [1.54, 1.807) is 19.9 Å². The van der Waals surface area contributed by atoms with Crippen LogP contribution in [0.5, 0.6) is 0 Å². The Labute approximate surface area is 136 Å². The van der Waals surface area contributed by atoms with E-state index < -0.39 is 10.2 Å². The van der Waals surface area contributed by atoms with E-state index in [-0.39, 0.29) is 18.4 Å². The van der Waals surface area contributed by atoms with Gasteiger partial charge in [0.1, 0.15) is 0 Å². The molecule has 1 aromatic rings. The van der Waals surface area contributed by atoms with Crippen LogP contribution in [0, 0.1) is 5.92 Å². The van der Waals surface area contributed by atoms with E-state index in [9.17, 15) is 13.5 Å². The maximum absolute atomic E-state index is 12.9. The smallest absolute Gasteiger partial charge is 0.282 e. The lowest BCUT2D eigenvalue weighted by Crippen LogP contribution is -2.43. The Morgan fingerprint density at radius 2 is 1.86 bits per heavy atom. The van der Waals surface area contributed by atoms with Crippen LogP contribution >= 0.6 is 11.3 Å². The highest BCUT2D eigenvalue weighted by molar-refractivity contribution is 7.86. The first-order valence-corrected chi connectivity index (χ1v) is 10.3. The molecule has 3 heterocycles. The third kappa shape index (κ3) is 3.23.